The van der Waals surface area contributed by atoms with Gasteiger partial charge in [-0.2, -0.15) is 11.8 Å². The van der Waals surface area contributed by atoms with E-state index in [9.17, 15) is 9.90 Å². The molecule has 0 amide bonds. The number of methoxy groups -OCH3 is 1. The first-order chi connectivity index (χ1) is 21.4. The third-order valence-corrected chi connectivity index (χ3v) is 10.3. The van der Waals surface area contributed by atoms with Crippen molar-refractivity contribution in [3.8, 4) is 11.5 Å². The predicted octanol–water partition coefficient (Wildman–Crippen LogP) is 6.88. The van der Waals surface area contributed by atoms with E-state index in [0.29, 0.717) is 30.1 Å². The van der Waals surface area contributed by atoms with E-state index in [2.05, 4.69) is 53.5 Å². The van der Waals surface area contributed by atoms with Gasteiger partial charge in [0.25, 0.3) is 0 Å². The van der Waals surface area contributed by atoms with Crippen molar-refractivity contribution in [2.45, 2.75) is 87.7 Å². The summed E-state index contributed by atoms with van der Waals surface area (Å²) in [5.74, 6) is 0.549. The lowest BCUT2D eigenvalue weighted by molar-refractivity contribution is -0.148. The topological polar surface area (TPSA) is 71.5 Å². The molecule has 2 aliphatic heterocycles. The minimum atomic E-state index is -0.0954. The summed E-state index contributed by atoms with van der Waals surface area (Å²) in [5, 5.41) is 10.2. The Bertz CT molecular complexity index is 1300. The Labute approximate surface area is 267 Å². The van der Waals surface area contributed by atoms with Gasteiger partial charge >= 0.3 is 5.97 Å². The second-order valence-electron chi connectivity index (χ2n) is 12.3. The van der Waals surface area contributed by atoms with Gasteiger partial charge in [-0.1, -0.05) is 44.2 Å². The Morgan fingerprint density at radius 1 is 1.05 bits per heavy atom. The number of allylic oxidation sites excluding steroid dienone is 1. The number of nitrogens with zero attached hydrogens (tertiary/aromatic N) is 2. The molecule has 0 spiro atoms. The molecule has 2 saturated heterocycles. The number of hydrogen-bond donors (Lipinski definition) is 1. The van der Waals surface area contributed by atoms with Crippen molar-refractivity contribution in [2.24, 2.45) is 0 Å². The highest BCUT2D eigenvalue weighted by atomic mass is 32.2. The number of phenols is 1. The van der Waals surface area contributed by atoms with Crippen LogP contribution in [0.3, 0.4) is 0 Å². The zero-order valence-corrected chi connectivity index (χ0v) is 27.2. The normalized spacial score (nSPS) is 24.2. The van der Waals surface area contributed by atoms with E-state index in [1.165, 1.54) is 18.4 Å². The Kier molecular flexibility index (Phi) is 11.3. The van der Waals surface area contributed by atoms with Gasteiger partial charge in [0.2, 0.25) is 0 Å². The SMILES string of the molecule is C=C1CC(SC)C(=C)N1c1ccc(CCCC(=O)O[C@@H]2CCN([C@@H]3CCCCC3OCCc3ccc(O)c(OC)c3)C2)cc1. The van der Waals surface area contributed by atoms with Crippen LogP contribution >= 0.6 is 11.8 Å². The van der Waals surface area contributed by atoms with Gasteiger partial charge in [0.05, 0.1) is 19.8 Å². The van der Waals surface area contributed by atoms with Crippen molar-refractivity contribution in [3.63, 3.8) is 0 Å². The summed E-state index contributed by atoms with van der Waals surface area (Å²) in [7, 11) is 1.56. The fraction of sp³-hybridized carbons (Fsp3) is 0.528. The summed E-state index contributed by atoms with van der Waals surface area (Å²) >= 11 is 1.82. The molecule has 2 unspecified atom stereocenters. The van der Waals surface area contributed by atoms with E-state index in [0.717, 1.165) is 80.7 Å². The molecular formula is C36H48N2O5S. The van der Waals surface area contributed by atoms with Crippen LogP contribution in [-0.2, 0) is 27.1 Å². The van der Waals surface area contributed by atoms with Crippen LogP contribution in [0.15, 0.2) is 67.0 Å². The number of ether oxygens (including phenoxy) is 3. The van der Waals surface area contributed by atoms with Gasteiger partial charge in [0, 0.05) is 54.3 Å². The first kappa shape index (κ1) is 32.5. The molecule has 3 aliphatic rings. The minimum Gasteiger partial charge on any atom is -0.504 e. The minimum absolute atomic E-state index is 0.0411. The zero-order chi connectivity index (χ0) is 31.1. The fourth-order valence-corrected chi connectivity index (χ4v) is 7.61. The molecule has 2 heterocycles. The molecule has 5 rings (SSSR count). The Morgan fingerprint density at radius 2 is 1.82 bits per heavy atom. The lowest BCUT2D eigenvalue weighted by atomic mass is 9.91. The fourth-order valence-electron chi connectivity index (χ4n) is 6.88. The Balaban J connectivity index is 1.03. The van der Waals surface area contributed by atoms with Crippen molar-refractivity contribution in [1.29, 1.82) is 0 Å². The van der Waals surface area contributed by atoms with Crippen LogP contribution in [0.25, 0.3) is 0 Å². The highest BCUT2D eigenvalue weighted by Crippen LogP contribution is 2.39. The molecule has 8 heteroatoms. The number of carbonyl (C=O) groups excluding carboxylic acids is 1. The maximum atomic E-state index is 12.7. The van der Waals surface area contributed by atoms with Gasteiger partial charge in [0.15, 0.2) is 11.5 Å². The van der Waals surface area contributed by atoms with Gasteiger partial charge in [-0.3, -0.25) is 9.69 Å². The third kappa shape index (κ3) is 8.01. The van der Waals surface area contributed by atoms with Crippen LogP contribution in [0.1, 0.15) is 62.5 Å². The van der Waals surface area contributed by atoms with Gasteiger partial charge in [-0.15, -0.1) is 0 Å². The number of likely N-dealkylation sites (tertiary alicyclic amines) is 1. The lowest BCUT2D eigenvalue weighted by Gasteiger charge is -2.37. The van der Waals surface area contributed by atoms with E-state index < -0.39 is 0 Å². The third-order valence-electron chi connectivity index (χ3n) is 9.30. The molecule has 1 saturated carbocycles. The maximum absolute atomic E-state index is 12.7. The molecule has 238 valence electrons. The molecule has 0 aromatic heterocycles. The summed E-state index contributed by atoms with van der Waals surface area (Å²) in [6.07, 6.45) is 11.5. The number of anilines is 1. The second kappa shape index (κ2) is 15.4. The van der Waals surface area contributed by atoms with E-state index in [1.807, 2.05) is 23.9 Å². The summed E-state index contributed by atoms with van der Waals surface area (Å²) in [4.78, 5) is 17.4. The number of benzene rings is 2. The molecule has 2 aromatic rings. The quantitative estimate of drug-likeness (QED) is 0.243. The molecule has 0 radical (unpaired) electrons. The molecule has 4 atom stereocenters. The van der Waals surface area contributed by atoms with Crippen molar-refractivity contribution < 1.29 is 24.1 Å². The van der Waals surface area contributed by atoms with Crippen LogP contribution in [-0.4, -0.2) is 72.5 Å². The molecule has 1 N–H and O–H groups in total. The number of esters is 1. The Hall–Kier alpha value is -2.94. The van der Waals surface area contributed by atoms with Gasteiger partial charge in [-0.05, 0) is 80.2 Å². The van der Waals surface area contributed by atoms with E-state index in [4.69, 9.17) is 14.2 Å². The molecule has 1 aliphatic carbocycles. The highest BCUT2D eigenvalue weighted by Gasteiger charge is 2.36. The lowest BCUT2D eigenvalue weighted by Crippen LogP contribution is -2.46. The largest absolute Gasteiger partial charge is 0.504 e. The van der Waals surface area contributed by atoms with E-state index in [-0.39, 0.29) is 23.9 Å². The standard InChI is InChI=1S/C36H48N2O5S/c1-25-22-35(44-4)26(2)38(25)29-15-12-27(13-16-29)8-7-11-36(40)43-30-18-20-37(24-30)31-9-5-6-10-33(31)42-21-19-28-14-17-32(39)34(23-28)41-3/h12-17,23,30-31,33,35,39H,1-2,5-11,18-22,24H2,3-4H3/t30-,31-,33?,35?/m1/s1. The summed E-state index contributed by atoms with van der Waals surface area (Å²) < 4.78 is 17.6. The van der Waals surface area contributed by atoms with E-state index >= 15 is 0 Å². The zero-order valence-electron chi connectivity index (χ0n) is 26.3. The van der Waals surface area contributed by atoms with Gasteiger partial charge in [-0.25, -0.2) is 0 Å². The number of phenolic OH excluding ortho intramolecular Hbond substituents is 1. The van der Waals surface area contributed by atoms with Gasteiger partial charge < -0.3 is 24.2 Å². The molecule has 44 heavy (non-hydrogen) atoms. The second-order valence-corrected chi connectivity index (χ2v) is 13.3. The number of hydrogen-bond acceptors (Lipinski definition) is 8. The number of aromatic hydroxyl groups is 1. The van der Waals surface area contributed by atoms with Gasteiger partial charge in [0.1, 0.15) is 6.10 Å². The maximum Gasteiger partial charge on any atom is 0.306 e. The highest BCUT2D eigenvalue weighted by molar-refractivity contribution is 7.99. The number of rotatable bonds is 13. The smallest absolute Gasteiger partial charge is 0.306 e. The summed E-state index contributed by atoms with van der Waals surface area (Å²) in [6.45, 7) is 10.9. The molecule has 3 fully saturated rings. The monoisotopic (exact) mass is 620 g/mol. The average molecular weight is 621 g/mol. The van der Waals surface area contributed by atoms with Crippen LogP contribution in [0.2, 0.25) is 0 Å². The Morgan fingerprint density at radius 3 is 2.57 bits per heavy atom. The van der Waals surface area contributed by atoms with Crippen molar-refractivity contribution in [1.82, 2.24) is 4.90 Å². The average Bonchev–Trinajstić information content (AvgIpc) is 3.61. The van der Waals surface area contributed by atoms with Crippen molar-refractivity contribution >= 4 is 23.4 Å². The number of thioether (sulfide) groups is 1. The number of carbonyl (C=O) groups is 1. The molecule has 2 aromatic carbocycles. The molecular weight excluding hydrogens is 572 g/mol. The first-order valence-corrected chi connectivity index (χ1v) is 17.3. The van der Waals surface area contributed by atoms with Crippen molar-refractivity contribution in [2.75, 3.05) is 38.0 Å². The summed E-state index contributed by atoms with van der Waals surface area (Å²) in [5.41, 5.74) is 5.60. The first-order valence-electron chi connectivity index (χ1n) is 16.1. The molecule has 7 nitrogen and oxygen atoms in total. The number of aryl methyl sites for hydroxylation is 1. The van der Waals surface area contributed by atoms with Crippen LogP contribution in [0.5, 0.6) is 11.5 Å². The van der Waals surface area contributed by atoms with Crippen molar-refractivity contribution in [3.05, 3.63) is 78.1 Å². The molecule has 0 bridgehead atoms. The van der Waals surface area contributed by atoms with Crippen LogP contribution in [0.4, 0.5) is 5.69 Å². The summed E-state index contributed by atoms with van der Waals surface area (Å²) in [6, 6.07) is 14.4. The predicted molar refractivity (Wildman–Crippen MR) is 178 cm³/mol. The van der Waals surface area contributed by atoms with Crippen LogP contribution < -0.4 is 9.64 Å². The van der Waals surface area contributed by atoms with E-state index in [1.54, 1.807) is 13.2 Å². The van der Waals surface area contributed by atoms with Crippen LogP contribution in [0, 0.1) is 0 Å².